The smallest absolute Gasteiger partial charge is 0.416 e. The maximum atomic E-state index is 14.3. The van der Waals surface area contributed by atoms with Gasteiger partial charge in [-0.15, -0.1) is 9.52 Å². The molecule has 2 aromatic carbocycles. The predicted molar refractivity (Wildman–Crippen MR) is 133 cm³/mol. The molecule has 2 aliphatic rings. The quantitative estimate of drug-likeness (QED) is 0.287. The number of ketones is 1. The molecule has 1 aliphatic heterocycles. The van der Waals surface area contributed by atoms with Crippen LogP contribution in [-0.2, 0) is 40.2 Å². The van der Waals surface area contributed by atoms with Gasteiger partial charge in [-0.05, 0) is 42.8 Å². The van der Waals surface area contributed by atoms with E-state index in [1.54, 1.807) is 19.1 Å². The molecule has 1 unspecified atom stereocenters. The lowest BCUT2D eigenvalue weighted by molar-refractivity contribution is -0.138. The molecular weight excluding hydrogens is 526 g/mol. The summed E-state index contributed by atoms with van der Waals surface area (Å²) >= 11 is -2.58. The number of carboxylic acid groups (broad SMARTS) is 1. The second kappa shape index (κ2) is 9.44. The molecular formula is C26H20F4N3O4S. The predicted octanol–water partition coefficient (Wildman–Crippen LogP) is 4.59. The topological polar surface area (TPSA) is 98.0 Å². The third-order valence-electron chi connectivity index (χ3n) is 6.37. The van der Waals surface area contributed by atoms with Crippen molar-refractivity contribution in [3.63, 3.8) is 0 Å². The van der Waals surface area contributed by atoms with Crippen molar-refractivity contribution in [1.82, 2.24) is 8.98 Å². The first kappa shape index (κ1) is 25.7. The number of benzene rings is 2. The first-order valence-corrected chi connectivity index (χ1v) is 12.6. The molecule has 1 N–H and O–H groups in total. The van der Waals surface area contributed by atoms with Gasteiger partial charge in [0.2, 0.25) is 5.78 Å². The highest BCUT2D eigenvalue weighted by atomic mass is 32.2. The molecule has 38 heavy (non-hydrogen) atoms. The zero-order valence-electron chi connectivity index (χ0n) is 19.8. The molecule has 197 valence electrons. The number of hydrogen-bond donors (Lipinski definition) is 1. The number of allylic oxidation sites excluding steroid dienone is 4. The van der Waals surface area contributed by atoms with E-state index in [-0.39, 0.29) is 34.7 Å². The van der Waals surface area contributed by atoms with Crippen molar-refractivity contribution in [1.29, 1.82) is 0 Å². The van der Waals surface area contributed by atoms with E-state index < -0.39 is 47.2 Å². The molecule has 1 atom stereocenters. The van der Waals surface area contributed by atoms with Crippen molar-refractivity contribution in [2.75, 3.05) is 0 Å². The van der Waals surface area contributed by atoms with Crippen LogP contribution in [-0.4, -0.2) is 36.1 Å². The van der Waals surface area contributed by atoms with Crippen molar-refractivity contribution in [3.05, 3.63) is 93.3 Å². The van der Waals surface area contributed by atoms with Gasteiger partial charge in [-0.2, -0.15) is 13.2 Å². The standard InChI is InChI=1S/C26H20F4N3O4S/c1-14-23(19-11-17(27)8-9-20(19)32(14)13-22(35)36)24-18-6-3-7-21(34)25(18)38(37)33(31-24)12-15-4-2-5-16(10-15)26(28,29)30/h2-6,8-11,38H,7,12-13H2,1H3,(H,35,36). The Hall–Kier alpha value is -3.90. The Morgan fingerprint density at radius 3 is 2.68 bits per heavy atom. The van der Waals surface area contributed by atoms with Gasteiger partial charge >= 0.3 is 12.1 Å². The summed E-state index contributed by atoms with van der Waals surface area (Å²) in [5, 5.41) is 14.3. The van der Waals surface area contributed by atoms with Crippen LogP contribution in [0.25, 0.3) is 10.9 Å². The summed E-state index contributed by atoms with van der Waals surface area (Å²) in [4.78, 5) is 24.4. The lowest BCUT2D eigenvalue weighted by atomic mass is 9.94. The van der Waals surface area contributed by atoms with E-state index in [4.69, 9.17) is 0 Å². The second-order valence-corrected chi connectivity index (χ2v) is 10.3. The second-order valence-electron chi connectivity index (χ2n) is 8.84. The van der Waals surface area contributed by atoms with Gasteiger partial charge in [0.05, 0.1) is 11.1 Å². The van der Waals surface area contributed by atoms with Crippen LogP contribution in [0, 0.1) is 12.7 Å². The summed E-state index contributed by atoms with van der Waals surface area (Å²) in [6, 6.07) is 8.34. The highest BCUT2D eigenvalue weighted by molar-refractivity contribution is 7.94. The Bertz CT molecular complexity index is 1590. The first-order valence-electron chi connectivity index (χ1n) is 11.4. The number of halogens is 4. The highest BCUT2D eigenvalue weighted by Crippen LogP contribution is 2.37. The fourth-order valence-electron chi connectivity index (χ4n) is 4.72. The summed E-state index contributed by atoms with van der Waals surface area (Å²) in [7, 11) is 0. The van der Waals surface area contributed by atoms with E-state index in [0.717, 1.165) is 16.5 Å². The van der Waals surface area contributed by atoms with Crippen LogP contribution in [0.15, 0.2) is 70.2 Å². The van der Waals surface area contributed by atoms with Gasteiger partial charge in [-0.1, -0.05) is 35.6 Å². The summed E-state index contributed by atoms with van der Waals surface area (Å²) < 4.78 is 70.1. The average molecular weight is 547 g/mol. The number of alkyl halides is 3. The zero-order chi connectivity index (χ0) is 27.4. The third kappa shape index (κ3) is 4.50. The molecule has 0 spiro atoms. The number of thiol groups is 1. The Morgan fingerprint density at radius 2 is 1.97 bits per heavy atom. The van der Waals surface area contributed by atoms with Crippen LogP contribution in [0.2, 0.25) is 0 Å². The number of fused-ring (bicyclic) bond motifs is 1. The van der Waals surface area contributed by atoms with E-state index in [0.29, 0.717) is 22.2 Å². The van der Waals surface area contributed by atoms with Gasteiger partial charge in [-0.25, -0.2) is 4.39 Å². The molecule has 0 bridgehead atoms. The minimum Gasteiger partial charge on any atom is -0.628 e. The molecule has 5 rings (SSSR count). The maximum absolute atomic E-state index is 14.3. The molecule has 2 heterocycles. The number of hydrazone groups is 1. The van der Waals surface area contributed by atoms with Crippen molar-refractivity contribution in [3.8, 4) is 0 Å². The van der Waals surface area contributed by atoms with Gasteiger partial charge in [0.1, 0.15) is 24.6 Å². The fourth-order valence-corrected chi connectivity index (χ4v) is 6.11. The zero-order valence-corrected chi connectivity index (χ0v) is 20.7. The van der Waals surface area contributed by atoms with Crippen LogP contribution in [0.3, 0.4) is 0 Å². The monoisotopic (exact) mass is 546 g/mol. The largest absolute Gasteiger partial charge is 0.628 e. The van der Waals surface area contributed by atoms with E-state index in [1.807, 2.05) is 0 Å². The van der Waals surface area contributed by atoms with Crippen molar-refractivity contribution >= 4 is 39.7 Å². The van der Waals surface area contributed by atoms with Crippen LogP contribution < -0.4 is 0 Å². The molecule has 0 amide bonds. The van der Waals surface area contributed by atoms with Crippen LogP contribution in [0.5, 0.6) is 0 Å². The molecule has 12 heteroatoms. The highest BCUT2D eigenvalue weighted by Gasteiger charge is 2.38. The molecule has 0 fully saturated rings. The molecule has 1 aliphatic carbocycles. The number of nitrogens with zero attached hydrogens (tertiary/aromatic N) is 3. The molecule has 7 nitrogen and oxygen atoms in total. The lowest BCUT2D eigenvalue weighted by Gasteiger charge is -2.35. The average Bonchev–Trinajstić information content (AvgIpc) is 3.10. The van der Waals surface area contributed by atoms with E-state index in [1.165, 1.54) is 34.9 Å². The maximum Gasteiger partial charge on any atom is 0.416 e. The van der Waals surface area contributed by atoms with Crippen LogP contribution in [0.4, 0.5) is 17.6 Å². The van der Waals surface area contributed by atoms with E-state index in [2.05, 4.69) is 5.10 Å². The number of hydrogen-bond acceptors (Lipinski definition) is 5. The van der Waals surface area contributed by atoms with Gasteiger partial charge in [0.15, 0.2) is 4.91 Å². The van der Waals surface area contributed by atoms with Crippen LogP contribution >= 0.6 is 0 Å². The molecule has 1 radical (unpaired) electrons. The normalized spacial score (nSPS) is 17.7. The van der Waals surface area contributed by atoms with Crippen molar-refractivity contribution in [2.24, 2.45) is 5.10 Å². The van der Waals surface area contributed by atoms with E-state index >= 15 is 0 Å². The number of aromatic nitrogens is 1. The number of carbonyl (C=O) groups is 2. The number of Topliss-reactive ketones (excluding diaryl/α,β-unsaturated/α-hetero) is 1. The third-order valence-corrected chi connectivity index (χ3v) is 7.90. The van der Waals surface area contributed by atoms with Crippen molar-refractivity contribution < 1.29 is 36.8 Å². The Labute approximate surface area is 216 Å². The van der Waals surface area contributed by atoms with Gasteiger partial charge in [0.25, 0.3) is 0 Å². The summed E-state index contributed by atoms with van der Waals surface area (Å²) in [5.74, 6) is -2.14. The fraction of sp³-hybridized carbons (Fsp3) is 0.192. The van der Waals surface area contributed by atoms with Gasteiger partial charge in [0, 0.05) is 28.6 Å². The number of carbonyl (C=O) groups excluding carboxylic acids is 1. The lowest BCUT2D eigenvalue weighted by Crippen LogP contribution is -2.37. The Kier molecular flexibility index (Phi) is 6.40. The van der Waals surface area contributed by atoms with Gasteiger partial charge < -0.3 is 14.2 Å². The number of carboxylic acids is 1. The summed E-state index contributed by atoms with van der Waals surface area (Å²) in [5.41, 5.74) is 0.867. The number of rotatable bonds is 5. The first-order chi connectivity index (χ1) is 18.0. The summed E-state index contributed by atoms with van der Waals surface area (Å²) in [6.45, 7) is 0.904. The van der Waals surface area contributed by atoms with Crippen molar-refractivity contribution in [2.45, 2.75) is 32.6 Å². The summed E-state index contributed by atoms with van der Waals surface area (Å²) in [6.07, 6.45) is -1.43. The molecule has 0 saturated carbocycles. The van der Waals surface area contributed by atoms with Crippen LogP contribution in [0.1, 0.15) is 28.8 Å². The number of aliphatic carboxylic acids is 1. The Morgan fingerprint density at radius 1 is 1.21 bits per heavy atom. The minimum atomic E-state index is -4.58. The van der Waals surface area contributed by atoms with E-state index in [9.17, 15) is 36.8 Å². The Balaban J connectivity index is 1.70. The van der Waals surface area contributed by atoms with Gasteiger partial charge in [-0.3, -0.25) is 9.59 Å². The molecule has 0 saturated heterocycles. The SMILES string of the molecule is Cc1c(C2=NN(Cc3cccc(C(F)(F)F)c3)[SH+]([O-])C3=C2C=CCC3=O)c2cc(F)ccc2n1CC(=O)O. The molecule has 3 aromatic rings. The molecule has 1 aromatic heterocycles. The minimum absolute atomic E-state index is 0.0149.